The molecule has 0 radical (unpaired) electrons. The van der Waals surface area contributed by atoms with Crippen LogP contribution in [0.4, 0.5) is 10.6 Å². The van der Waals surface area contributed by atoms with E-state index in [9.17, 15) is 19.8 Å². The molecule has 6 rings (SSSR count). The zero-order chi connectivity index (χ0) is 27.8. The number of imidazole rings is 1. The Morgan fingerprint density at radius 3 is 2.60 bits per heavy atom. The van der Waals surface area contributed by atoms with Crippen LogP contribution < -0.4 is 5.73 Å². The van der Waals surface area contributed by atoms with Crippen LogP contribution in [0.25, 0.3) is 11.2 Å². The molecule has 2 aliphatic heterocycles. The predicted molar refractivity (Wildman–Crippen MR) is 146 cm³/mol. The van der Waals surface area contributed by atoms with Crippen molar-refractivity contribution in [1.29, 1.82) is 0 Å². The number of hydrogen-bond donors (Lipinski definition) is 3. The molecule has 1 unspecified atom stereocenters. The van der Waals surface area contributed by atoms with Crippen molar-refractivity contribution in [3.63, 3.8) is 0 Å². The fraction of sp³-hybridized carbons (Fsp3) is 0.296. The first-order valence-corrected chi connectivity index (χ1v) is 13.7. The number of benzene rings is 1. The molecule has 3 aromatic heterocycles. The van der Waals surface area contributed by atoms with Crippen molar-refractivity contribution < 1.29 is 24.5 Å². The van der Waals surface area contributed by atoms with Crippen molar-refractivity contribution >= 4 is 40.3 Å². The number of aryl methyl sites for hydroxylation is 1. The van der Waals surface area contributed by atoms with Gasteiger partial charge in [0, 0.05) is 11.4 Å². The summed E-state index contributed by atoms with van der Waals surface area (Å²) in [6.45, 7) is 0.347. The molecular formula is C27H27N7O5S. The van der Waals surface area contributed by atoms with Gasteiger partial charge in [0.2, 0.25) is 0 Å². The van der Waals surface area contributed by atoms with Gasteiger partial charge in [-0.15, -0.1) is 11.3 Å². The van der Waals surface area contributed by atoms with Crippen LogP contribution in [0.15, 0.2) is 72.0 Å². The zero-order valence-corrected chi connectivity index (χ0v) is 22.1. The molecule has 3 atom stereocenters. The summed E-state index contributed by atoms with van der Waals surface area (Å²) in [4.78, 5) is 43.0. The van der Waals surface area contributed by atoms with Gasteiger partial charge in [-0.1, -0.05) is 36.4 Å². The third-order valence-electron chi connectivity index (χ3n) is 7.21. The van der Waals surface area contributed by atoms with Crippen molar-refractivity contribution in [2.75, 3.05) is 12.3 Å². The predicted octanol–water partition coefficient (Wildman–Crippen LogP) is 3.55. The smallest absolute Gasteiger partial charge is 0.327 e. The molecule has 3 amide bonds. The van der Waals surface area contributed by atoms with Crippen molar-refractivity contribution in [2.24, 2.45) is 0 Å². The molecule has 0 saturated carbocycles. The van der Waals surface area contributed by atoms with Crippen molar-refractivity contribution in [1.82, 2.24) is 29.3 Å². The third kappa shape index (κ3) is 4.62. The second kappa shape index (κ2) is 10.6. The lowest BCUT2D eigenvalue weighted by Crippen LogP contribution is -2.35. The molecule has 40 heavy (non-hydrogen) atoms. The number of thiophene rings is 1. The van der Waals surface area contributed by atoms with E-state index in [1.165, 1.54) is 33.5 Å². The number of carbonyl (C=O) groups is 2. The molecular weight excluding hydrogens is 534 g/mol. The van der Waals surface area contributed by atoms with Crippen molar-refractivity contribution in [3.8, 4) is 0 Å². The van der Waals surface area contributed by atoms with E-state index in [-0.39, 0.29) is 36.5 Å². The lowest BCUT2D eigenvalue weighted by Gasteiger charge is -2.21. The van der Waals surface area contributed by atoms with E-state index in [0.29, 0.717) is 30.6 Å². The van der Waals surface area contributed by atoms with Crippen LogP contribution in [-0.4, -0.2) is 70.2 Å². The maximum absolute atomic E-state index is 13.5. The Labute approximate surface area is 233 Å². The van der Waals surface area contributed by atoms with Crippen LogP contribution in [-0.2, 0) is 22.5 Å². The molecule has 5 heterocycles. The number of aliphatic hydroxyl groups is 2. The number of fused-ring (bicyclic) bond motifs is 1. The summed E-state index contributed by atoms with van der Waals surface area (Å²) >= 11 is 1.53. The minimum atomic E-state index is -1.09. The SMILES string of the molecule is Nc1ncnc2c1ncn2[C@@H]1O[C@H](CCN2C(=O)C(CCc3ccccc3)N(Cc3cccs3)C2=O)C(O)=C1O. The van der Waals surface area contributed by atoms with E-state index in [2.05, 4.69) is 15.0 Å². The molecule has 1 saturated heterocycles. The van der Waals surface area contributed by atoms with Gasteiger partial charge in [0.25, 0.3) is 5.91 Å². The number of nitrogens with zero attached hydrogens (tertiary/aromatic N) is 6. The quantitative estimate of drug-likeness (QED) is 0.260. The van der Waals surface area contributed by atoms with Crippen LogP contribution in [0.5, 0.6) is 0 Å². The highest BCUT2D eigenvalue weighted by Gasteiger charge is 2.45. The molecule has 1 aromatic carbocycles. The summed E-state index contributed by atoms with van der Waals surface area (Å²) in [5.41, 5.74) is 7.61. The number of ether oxygens (including phenoxy) is 1. The molecule has 2 aliphatic rings. The summed E-state index contributed by atoms with van der Waals surface area (Å²) in [6.07, 6.45) is 1.84. The normalized spacial score (nSPS) is 21.4. The second-order valence-electron chi connectivity index (χ2n) is 9.64. The largest absolute Gasteiger partial charge is 0.506 e. The minimum Gasteiger partial charge on any atom is -0.506 e. The first kappa shape index (κ1) is 25.8. The Morgan fingerprint density at radius 1 is 1.00 bits per heavy atom. The molecule has 4 N–H and O–H groups in total. The number of imide groups is 1. The van der Waals surface area contributed by atoms with Gasteiger partial charge in [0.05, 0.1) is 12.9 Å². The van der Waals surface area contributed by atoms with Crippen LogP contribution in [0, 0.1) is 0 Å². The minimum absolute atomic E-state index is 0.00889. The number of anilines is 1. The first-order chi connectivity index (χ1) is 19.4. The van der Waals surface area contributed by atoms with Gasteiger partial charge in [-0.25, -0.2) is 19.7 Å². The van der Waals surface area contributed by atoms with E-state index in [1.807, 2.05) is 47.8 Å². The topological polar surface area (TPSA) is 160 Å². The summed E-state index contributed by atoms with van der Waals surface area (Å²) in [6, 6.07) is 12.7. The Morgan fingerprint density at radius 2 is 1.82 bits per heavy atom. The number of rotatable bonds is 9. The zero-order valence-electron chi connectivity index (χ0n) is 21.3. The Kier molecular flexibility index (Phi) is 6.82. The molecule has 0 aliphatic carbocycles. The van der Waals surface area contributed by atoms with E-state index in [1.54, 1.807) is 4.90 Å². The average molecular weight is 562 g/mol. The van der Waals surface area contributed by atoms with Gasteiger partial charge in [0.1, 0.15) is 24.0 Å². The highest BCUT2D eigenvalue weighted by molar-refractivity contribution is 7.09. The number of aliphatic hydroxyl groups excluding tert-OH is 2. The number of nitrogen functional groups attached to an aromatic ring is 1. The number of amides is 3. The van der Waals surface area contributed by atoms with Gasteiger partial charge < -0.3 is 25.6 Å². The first-order valence-electron chi connectivity index (χ1n) is 12.8. The molecule has 0 spiro atoms. The maximum Gasteiger partial charge on any atom is 0.327 e. The summed E-state index contributed by atoms with van der Waals surface area (Å²) in [5.74, 6) is -0.886. The van der Waals surface area contributed by atoms with E-state index in [4.69, 9.17) is 10.5 Å². The van der Waals surface area contributed by atoms with Crippen LogP contribution in [0.2, 0.25) is 0 Å². The number of urea groups is 1. The van der Waals surface area contributed by atoms with Crippen LogP contribution >= 0.6 is 11.3 Å². The lowest BCUT2D eigenvalue weighted by molar-refractivity contribution is -0.128. The molecule has 4 aromatic rings. The number of aromatic nitrogens is 4. The fourth-order valence-electron chi connectivity index (χ4n) is 5.14. The molecule has 0 bridgehead atoms. The van der Waals surface area contributed by atoms with E-state index < -0.39 is 24.1 Å². The van der Waals surface area contributed by atoms with Gasteiger partial charge in [-0.05, 0) is 36.3 Å². The van der Waals surface area contributed by atoms with Crippen molar-refractivity contribution in [3.05, 3.63) is 82.5 Å². The fourth-order valence-corrected chi connectivity index (χ4v) is 5.85. The number of hydrogen-bond acceptors (Lipinski definition) is 10. The average Bonchev–Trinajstić information content (AvgIpc) is 3.73. The van der Waals surface area contributed by atoms with E-state index in [0.717, 1.165) is 10.4 Å². The molecule has 1 fully saturated rings. The van der Waals surface area contributed by atoms with Crippen LogP contribution in [0.1, 0.15) is 29.5 Å². The van der Waals surface area contributed by atoms with Gasteiger partial charge in [-0.3, -0.25) is 14.3 Å². The monoisotopic (exact) mass is 561 g/mol. The van der Waals surface area contributed by atoms with Crippen LogP contribution in [0.3, 0.4) is 0 Å². The highest BCUT2D eigenvalue weighted by atomic mass is 32.1. The standard InChI is InChI=1S/C27H27N7O5S/c28-23-20-24(30-14-29-23)34(15-31-20)26-22(36)21(35)19(39-26)10-11-32-25(37)18(9-8-16-5-2-1-3-6-16)33(27(32)38)13-17-7-4-12-40-17/h1-7,12,14-15,18-19,26,35-36H,8-11,13H2,(H2,28,29,30)/t18?,19-,26-/m1/s1. The number of nitrogens with two attached hydrogens (primary N) is 1. The third-order valence-corrected chi connectivity index (χ3v) is 8.07. The second-order valence-corrected chi connectivity index (χ2v) is 10.7. The van der Waals surface area contributed by atoms with Gasteiger partial charge >= 0.3 is 6.03 Å². The summed E-state index contributed by atoms with van der Waals surface area (Å²) in [7, 11) is 0. The molecule has 12 nitrogen and oxygen atoms in total. The van der Waals surface area contributed by atoms with Gasteiger partial charge in [0.15, 0.2) is 29.2 Å². The summed E-state index contributed by atoms with van der Waals surface area (Å²) in [5, 5.41) is 23.3. The van der Waals surface area contributed by atoms with E-state index >= 15 is 0 Å². The Hall–Kier alpha value is -4.49. The number of carbonyl (C=O) groups excluding carboxylic acids is 2. The maximum atomic E-state index is 13.5. The van der Waals surface area contributed by atoms with Crippen molar-refractivity contribution in [2.45, 2.75) is 44.2 Å². The highest BCUT2D eigenvalue weighted by Crippen LogP contribution is 2.35. The van der Waals surface area contributed by atoms with Gasteiger partial charge in [-0.2, -0.15) is 0 Å². The molecule has 206 valence electrons. The lowest BCUT2D eigenvalue weighted by atomic mass is 10.0. The Balaban J connectivity index is 1.17. The summed E-state index contributed by atoms with van der Waals surface area (Å²) < 4.78 is 7.38. The molecule has 13 heteroatoms. The Bertz CT molecular complexity index is 1570.